The normalized spacial score (nSPS) is 31.5. The average Bonchev–Trinajstić information content (AvgIpc) is 2.90. The van der Waals surface area contributed by atoms with Crippen molar-refractivity contribution in [3.63, 3.8) is 0 Å². The maximum atomic E-state index is 11.9. The van der Waals surface area contributed by atoms with E-state index in [1.54, 1.807) is 6.08 Å². The molecule has 136 valence electrons. The van der Waals surface area contributed by atoms with Crippen LogP contribution in [0.3, 0.4) is 0 Å². The Balaban J connectivity index is 1.92. The summed E-state index contributed by atoms with van der Waals surface area (Å²) in [4.78, 5) is 11.9. The van der Waals surface area contributed by atoms with Crippen LogP contribution in [0.4, 0.5) is 0 Å². The lowest BCUT2D eigenvalue weighted by atomic mass is 9.83. The van der Waals surface area contributed by atoms with Gasteiger partial charge >= 0.3 is 5.97 Å². The lowest BCUT2D eigenvalue weighted by molar-refractivity contribution is -0.136. The van der Waals surface area contributed by atoms with Crippen molar-refractivity contribution in [3.8, 4) is 0 Å². The number of unbranched alkanes of at least 4 members (excludes halogenated alkanes) is 7. The number of hydrogen-bond donors (Lipinski definition) is 4. The van der Waals surface area contributed by atoms with Gasteiger partial charge in [0.1, 0.15) is 30.2 Å². The van der Waals surface area contributed by atoms with Crippen LogP contribution in [0.15, 0.2) is 23.0 Å². The predicted molar refractivity (Wildman–Crippen MR) is 87.8 cm³/mol. The van der Waals surface area contributed by atoms with Crippen LogP contribution in [0.2, 0.25) is 0 Å². The summed E-state index contributed by atoms with van der Waals surface area (Å²) < 4.78 is 5.11. The molecule has 24 heavy (non-hydrogen) atoms. The maximum absolute atomic E-state index is 11.9. The van der Waals surface area contributed by atoms with E-state index >= 15 is 0 Å². The van der Waals surface area contributed by atoms with Gasteiger partial charge in [-0.1, -0.05) is 45.4 Å². The van der Waals surface area contributed by atoms with E-state index in [4.69, 9.17) is 4.74 Å². The molecule has 0 aromatic carbocycles. The molecule has 1 aliphatic carbocycles. The van der Waals surface area contributed by atoms with Gasteiger partial charge < -0.3 is 25.2 Å². The number of aliphatic hydroxyl groups excluding tert-OH is 4. The molecule has 0 saturated heterocycles. The van der Waals surface area contributed by atoms with Crippen LogP contribution in [0, 0.1) is 0 Å². The molecule has 0 radical (unpaired) electrons. The molecule has 2 aliphatic rings. The first kappa shape index (κ1) is 19.1. The molecule has 4 atom stereocenters. The third-order valence-corrected chi connectivity index (χ3v) is 4.70. The molecule has 4 N–H and O–H groups in total. The summed E-state index contributed by atoms with van der Waals surface area (Å²) >= 11 is 0. The van der Waals surface area contributed by atoms with Crippen molar-refractivity contribution in [1.82, 2.24) is 0 Å². The van der Waals surface area contributed by atoms with Crippen molar-refractivity contribution in [2.24, 2.45) is 0 Å². The summed E-state index contributed by atoms with van der Waals surface area (Å²) in [6.45, 7) is 2.19. The second kappa shape index (κ2) is 8.76. The molecule has 0 saturated carbocycles. The second-order valence-electron chi connectivity index (χ2n) is 6.57. The molecular formula is C18H28O6. The average molecular weight is 340 g/mol. The van der Waals surface area contributed by atoms with E-state index in [0.717, 1.165) is 12.8 Å². The molecule has 4 unspecified atom stereocenters. The van der Waals surface area contributed by atoms with E-state index in [-0.39, 0.29) is 16.9 Å². The van der Waals surface area contributed by atoms with Gasteiger partial charge in [0.15, 0.2) is 0 Å². The number of hydrogen-bond acceptors (Lipinski definition) is 6. The van der Waals surface area contributed by atoms with Crippen molar-refractivity contribution in [2.45, 2.75) is 82.7 Å². The number of ether oxygens (including phenoxy) is 1. The fraction of sp³-hybridized carbons (Fsp3) is 0.722. The molecule has 0 amide bonds. The largest absolute Gasteiger partial charge is 0.423 e. The highest BCUT2D eigenvalue weighted by Crippen LogP contribution is 2.38. The zero-order chi connectivity index (χ0) is 17.7. The number of aliphatic hydroxyl groups is 4. The van der Waals surface area contributed by atoms with Gasteiger partial charge in [0.2, 0.25) is 0 Å². The van der Waals surface area contributed by atoms with E-state index in [1.807, 2.05) is 0 Å². The molecule has 0 spiro atoms. The number of carbonyl (C=O) groups excluding carboxylic acids is 1. The lowest BCUT2D eigenvalue weighted by Gasteiger charge is -2.32. The molecule has 0 aromatic heterocycles. The molecule has 1 heterocycles. The maximum Gasteiger partial charge on any atom is 0.342 e. The third kappa shape index (κ3) is 4.06. The van der Waals surface area contributed by atoms with Gasteiger partial charge in [-0.2, -0.15) is 0 Å². The van der Waals surface area contributed by atoms with Gasteiger partial charge in [0.25, 0.3) is 0 Å². The van der Waals surface area contributed by atoms with Crippen LogP contribution < -0.4 is 0 Å². The van der Waals surface area contributed by atoms with E-state index in [9.17, 15) is 25.2 Å². The molecular weight excluding hydrogens is 312 g/mol. The van der Waals surface area contributed by atoms with Crippen molar-refractivity contribution in [1.29, 1.82) is 0 Å². The zero-order valence-corrected chi connectivity index (χ0v) is 14.1. The van der Waals surface area contributed by atoms with Gasteiger partial charge in [-0.25, -0.2) is 4.79 Å². The molecule has 6 heteroatoms. The smallest absolute Gasteiger partial charge is 0.342 e. The van der Waals surface area contributed by atoms with E-state index in [0.29, 0.717) is 6.42 Å². The zero-order valence-electron chi connectivity index (χ0n) is 14.1. The first-order valence-corrected chi connectivity index (χ1v) is 8.88. The lowest BCUT2D eigenvalue weighted by Crippen LogP contribution is -2.50. The van der Waals surface area contributed by atoms with E-state index in [2.05, 4.69) is 6.92 Å². The van der Waals surface area contributed by atoms with E-state index in [1.165, 1.54) is 32.1 Å². The second-order valence-corrected chi connectivity index (χ2v) is 6.57. The Kier molecular flexibility index (Phi) is 6.98. The van der Waals surface area contributed by atoms with Gasteiger partial charge in [-0.05, 0) is 18.9 Å². The highest BCUT2D eigenvalue weighted by atomic mass is 16.5. The minimum atomic E-state index is -1.60. The van der Waals surface area contributed by atoms with Gasteiger partial charge in [0.05, 0.1) is 5.57 Å². The minimum Gasteiger partial charge on any atom is -0.423 e. The molecule has 1 aliphatic heterocycles. The van der Waals surface area contributed by atoms with Gasteiger partial charge in [0, 0.05) is 5.57 Å². The Morgan fingerprint density at radius 2 is 1.42 bits per heavy atom. The van der Waals surface area contributed by atoms with Crippen molar-refractivity contribution in [2.75, 3.05) is 0 Å². The number of carbonyl (C=O) groups is 1. The molecule has 0 fully saturated rings. The molecule has 0 bridgehead atoms. The Morgan fingerprint density at radius 3 is 2.04 bits per heavy atom. The predicted octanol–water partition coefficient (Wildman–Crippen LogP) is 1.32. The number of allylic oxidation sites excluding steroid dienone is 1. The summed E-state index contributed by atoms with van der Waals surface area (Å²) in [6.07, 6.45) is 4.45. The molecule has 2 rings (SSSR count). The Hall–Kier alpha value is -1.21. The van der Waals surface area contributed by atoms with Crippen LogP contribution in [-0.4, -0.2) is 50.8 Å². The Bertz CT molecular complexity index is 510. The number of esters is 1. The highest BCUT2D eigenvalue weighted by molar-refractivity contribution is 5.96. The van der Waals surface area contributed by atoms with E-state index < -0.39 is 30.4 Å². The number of cyclic esters (lactones) is 1. The fourth-order valence-electron chi connectivity index (χ4n) is 3.24. The minimum absolute atomic E-state index is 0.105. The Morgan fingerprint density at radius 1 is 0.875 bits per heavy atom. The SMILES string of the molecule is CCCCCCCCCC=C1OC(=O)C2=C1C(O)C(O)C(O)C2O. The fourth-order valence-corrected chi connectivity index (χ4v) is 3.24. The van der Waals surface area contributed by atoms with Crippen molar-refractivity contribution < 1.29 is 30.0 Å². The van der Waals surface area contributed by atoms with Gasteiger partial charge in [-0.15, -0.1) is 0 Å². The topological polar surface area (TPSA) is 107 Å². The van der Waals surface area contributed by atoms with Gasteiger partial charge in [-0.3, -0.25) is 0 Å². The number of rotatable bonds is 8. The quantitative estimate of drug-likeness (QED) is 0.392. The first-order valence-electron chi connectivity index (χ1n) is 8.88. The summed E-state index contributed by atoms with van der Waals surface area (Å²) in [5, 5.41) is 39.5. The summed E-state index contributed by atoms with van der Waals surface area (Å²) in [5.74, 6) is -0.577. The summed E-state index contributed by atoms with van der Waals surface area (Å²) in [7, 11) is 0. The van der Waals surface area contributed by atoms with Crippen molar-refractivity contribution in [3.05, 3.63) is 23.0 Å². The highest BCUT2D eigenvalue weighted by Gasteiger charge is 2.49. The van der Waals surface area contributed by atoms with Crippen molar-refractivity contribution >= 4 is 5.97 Å². The standard InChI is InChI=1S/C18H28O6/c1-2-3-4-5-6-7-8-9-10-11-12-13(18(23)24-11)15(20)17(22)16(21)14(12)19/h10,14-17,19-22H,2-9H2,1H3. The van der Waals surface area contributed by atoms with Crippen LogP contribution in [0.25, 0.3) is 0 Å². The first-order chi connectivity index (χ1) is 11.5. The van der Waals surface area contributed by atoms with Crippen LogP contribution in [-0.2, 0) is 9.53 Å². The molecule has 6 nitrogen and oxygen atoms in total. The third-order valence-electron chi connectivity index (χ3n) is 4.70. The monoisotopic (exact) mass is 340 g/mol. The van der Waals surface area contributed by atoms with Crippen LogP contribution >= 0.6 is 0 Å². The summed E-state index contributed by atoms with van der Waals surface area (Å²) in [5.41, 5.74) is -0.0423. The Labute approximate surface area is 142 Å². The van der Waals surface area contributed by atoms with Crippen LogP contribution in [0.5, 0.6) is 0 Å². The summed E-state index contributed by atoms with van der Waals surface area (Å²) in [6, 6.07) is 0. The van der Waals surface area contributed by atoms with Crippen LogP contribution in [0.1, 0.15) is 58.3 Å². The molecule has 0 aromatic rings.